The molecule has 0 amide bonds. The van der Waals surface area contributed by atoms with Gasteiger partial charge in [0.1, 0.15) is 13.2 Å². The fraction of sp³-hybridized carbons (Fsp3) is 0.357. The first-order valence-electron chi connectivity index (χ1n) is 6.45. The number of anilines is 1. The molecular weight excluding hydrogens is 322 g/mol. The van der Waals surface area contributed by atoms with Crippen molar-refractivity contribution in [1.29, 1.82) is 0 Å². The third-order valence-corrected chi connectivity index (χ3v) is 3.87. The van der Waals surface area contributed by atoms with E-state index in [0.29, 0.717) is 13.2 Å². The quantitative estimate of drug-likeness (QED) is 0.935. The molecule has 0 radical (unpaired) electrons. The van der Waals surface area contributed by atoms with Crippen LogP contribution in [-0.2, 0) is 13.6 Å². The first-order chi connectivity index (χ1) is 9.63. The van der Waals surface area contributed by atoms with Crippen LogP contribution in [0.2, 0.25) is 0 Å². The average molecular weight is 338 g/mol. The highest BCUT2D eigenvalue weighted by Gasteiger charge is 2.15. The number of hydrogen-bond donors (Lipinski definition) is 1. The third-order valence-electron chi connectivity index (χ3n) is 3.22. The van der Waals surface area contributed by atoms with Crippen molar-refractivity contribution in [2.75, 3.05) is 18.5 Å². The Labute approximate surface area is 126 Å². The number of fused-ring (bicyclic) bond motifs is 1. The SMILES string of the molecule is Cc1nn(C)cc1CNc1cc2c(cc1Br)OCCO2. The molecule has 1 N–H and O–H groups in total. The number of benzene rings is 1. The van der Waals surface area contributed by atoms with Crippen LogP contribution >= 0.6 is 15.9 Å². The summed E-state index contributed by atoms with van der Waals surface area (Å²) in [7, 11) is 1.93. The fourth-order valence-corrected chi connectivity index (χ4v) is 2.67. The van der Waals surface area contributed by atoms with Crippen molar-refractivity contribution >= 4 is 21.6 Å². The van der Waals surface area contributed by atoms with Crippen molar-refractivity contribution in [3.8, 4) is 11.5 Å². The zero-order valence-corrected chi connectivity index (χ0v) is 13.0. The first-order valence-corrected chi connectivity index (χ1v) is 7.25. The Morgan fingerprint density at radius 3 is 2.65 bits per heavy atom. The molecular formula is C14H16BrN3O2. The standard InChI is InChI=1S/C14H16BrN3O2/c1-9-10(8-18(2)17-9)7-16-12-6-14-13(5-11(12)15)19-3-4-20-14/h5-6,8,16H,3-4,7H2,1-2H3. The van der Waals surface area contributed by atoms with E-state index >= 15 is 0 Å². The molecule has 106 valence electrons. The molecule has 0 aliphatic carbocycles. The minimum atomic E-state index is 0.593. The number of rotatable bonds is 3. The number of hydrogen-bond acceptors (Lipinski definition) is 4. The van der Waals surface area contributed by atoms with E-state index in [1.807, 2.05) is 37.0 Å². The molecule has 0 atom stereocenters. The van der Waals surface area contributed by atoms with Crippen LogP contribution in [0.1, 0.15) is 11.3 Å². The summed E-state index contributed by atoms with van der Waals surface area (Å²) < 4.78 is 13.9. The van der Waals surface area contributed by atoms with E-state index in [2.05, 4.69) is 26.3 Å². The van der Waals surface area contributed by atoms with Crippen LogP contribution in [0.25, 0.3) is 0 Å². The van der Waals surface area contributed by atoms with Crippen LogP contribution in [0.5, 0.6) is 11.5 Å². The van der Waals surface area contributed by atoms with E-state index in [0.717, 1.165) is 33.9 Å². The largest absolute Gasteiger partial charge is 0.486 e. The Morgan fingerprint density at radius 1 is 1.30 bits per heavy atom. The van der Waals surface area contributed by atoms with Crippen LogP contribution in [-0.4, -0.2) is 23.0 Å². The molecule has 0 bridgehead atoms. The predicted molar refractivity (Wildman–Crippen MR) is 80.4 cm³/mol. The summed E-state index contributed by atoms with van der Waals surface area (Å²) in [5, 5.41) is 7.73. The van der Waals surface area contributed by atoms with Gasteiger partial charge in [-0.05, 0) is 22.9 Å². The average Bonchev–Trinajstić information content (AvgIpc) is 2.74. The van der Waals surface area contributed by atoms with Gasteiger partial charge >= 0.3 is 0 Å². The maximum atomic E-state index is 5.60. The smallest absolute Gasteiger partial charge is 0.163 e. The lowest BCUT2D eigenvalue weighted by atomic mass is 10.2. The highest BCUT2D eigenvalue weighted by molar-refractivity contribution is 9.10. The summed E-state index contributed by atoms with van der Waals surface area (Å²) in [5.41, 5.74) is 3.19. The molecule has 1 aliphatic heterocycles. The number of aryl methyl sites for hydroxylation is 2. The monoisotopic (exact) mass is 337 g/mol. The number of nitrogens with zero attached hydrogens (tertiary/aromatic N) is 2. The van der Waals surface area contributed by atoms with Crippen molar-refractivity contribution in [3.05, 3.63) is 34.1 Å². The second kappa shape index (κ2) is 5.36. The van der Waals surface area contributed by atoms with Gasteiger partial charge in [0.25, 0.3) is 0 Å². The molecule has 0 fully saturated rings. The van der Waals surface area contributed by atoms with E-state index in [1.165, 1.54) is 5.56 Å². The minimum absolute atomic E-state index is 0.593. The Kier molecular flexibility index (Phi) is 3.56. The molecule has 5 nitrogen and oxygen atoms in total. The zero-order valence-electron chi connectivity index (χ0n) is 11.4. The second-order valence-electron chi connectivity index (χ2n) is 4.74. The van der Waals surface area contributed by atoms with Crippen molar-refractivity contribution in [2.24, 2.45) is 7.05 Å². The third kappa shape index (κ3) is 2.60. The Bertz CT molecular complexity index is 640. The molecule has 1 aromatic heterocycles. The van der Waals surface area contributed by atoms with Gasteiger partial charge in [-0.2, -0.15) is 5.10 Å². The minimum Gasteiger partial charge on any atom is -0.486 e. The van der Waals surface area contributed by atoms with Crippen molar-refractivity contribution in [1.82, 2.24) is 9.78 Å². The summed E-state index contributed by atoms with van der Waals surface area (Å²) in [6.07, 6.45) is 2.02. The van der Waals surface area contributed by atoms with Gasteiger partial charge in [-0.25, -0.2) is 0 Å². The van der Waals surface area contributed by atoms with Gasteiger partial charge in [0.2, 0.25) is 0 Å². The van der Waals surface area contributed by atoms with Crippen molar-refractivity contribution in [2.45, 2.75) is 13.5 Å². The number of halogens is 1. The van der Waals surface area contributed by atoms with Gasteiger partial charge < -0.3 is 14.8 Å². The van der Waals surface area contributed by atoms with Gasteiger partial charge in [0, 0.05) is 42.0 Å². The van der Waals surface area contributed by atoms with Crippen LogP contribution in [0.4, 0.5) is 5.69 Å². The molecule has 2 heterocycles. The lowest BCUT2D eigenvalue weighted by Crippen LogP contribution is -2.15. The summed E-state index contributed by atoms with van der Waals surface area (Å²) in [6.45, 7) is 3.92. The number of ether oxygens (including phenoxy) is 2. The second-order valence-corrected chi connectivity index (χ2v) is 5.60. The molecule has 6 heteroatoms. The molecule has 20 heavy (non-hydrogen) atoms. The predicted octanol–water partition coefficient (Wildman–Crippen LogP) is 2.87. The Hall–Kier alpha value is -1.69. The molecule has 0 saturated heterocycles. The summed E-state index contributed by atoms with van der Waals surface area (Å²) in [6, 6.07) is 3.90. The molecule has 1 aliphatic rings. The number of aromatic nitrogens is 2. The van der Waals surface area contributed by atoms with Crippen LogP contribution in [0, 0.1) is 6.92 Å². The normalized spacial score (nSPS) is 13.3. The molecule has 0 spiro atoms. The molecule has 0 unspecified atom stereocenters. The highest BCUT2D eigenvalue weighted by atomic mass is 79.9. The highest BCUT2D eigenvalue weighted by Crippen LogP contribution is 2.38. The number of nitrogens with one attached hydrogen (secondary N) is 1. The van der Waals surface area contributed by atoms with Crippen LogP contribution < -0.4 is 14.8 Å². The van der Waals surface area contributed by atoms with Crippen LogP contribution in [0.3, 0.4) is 0 Å². The van der Waals surface area contributed by atoms with Gasteiger partial charge in [0.15, 0.2) is 11.5 Å². The molecule has 2 aromatic rings. The Morgan fingerprint density at radius 2 is 2.00 bits per heavy atom. The fourth-order valence-electron chi connectivity index (χ4n) is 2.21. The summed E-state index contributed by atoms with van der Waals surface area (Å²) >= 11 is 3.55. The van der Waals surface area contributed by atoms with Crippen molar-refractivity contribution in [3.63, 3.8) is 0 Å². The molecule has 0 saturated carbocycles. The molecule has 1 aromatic carbocycles. The maximum Gasteiger partial charge on any atom is 0.163 e. The first kappa shape index (κ1) is 13.3. The Balaban J connectivity index is 1.79. The van der Waals surface area contributed by atoms with E-state index < -0.39 is 0 Å². The summed E-state index contributed by atoms with van der Waals surface area (Å²) in [5.74, 6) is 1.57. The van der Waals surface area contributed by atoms with E-state index in [1.54, 1.807) is 0 Å². The van der Waals surface area contributed by atoms with Crippen molar-refractivity contribution < 1.29 is 9.47 Å². The van der Waals surface area contributed by atoms with Gasteiger partial charge in [-0.3, -0.25) is 4.68 Å². The maximum absolute atomic E-state index is 5.60. The van der Waals surface area contributed by atoms with Gasteiger partial charge in [-0.15, -0.1) is 0 Å². The zero-order chi connectivity index (χ0) is 14.1. The topological polar surface area (TPSA) is 48.3 Å². The summed E-state index contributed by atoms with van der Waals surface area (Å²) in [4.78, 5) is 0. The van der Waals surface area contributed by atoms with Gasteiger partial charge in [0.05, 0.1) is 11.4 Å². The molecule has 3 rings (SSSR count). The van der Waals surface area contributed by atoms with E-state index in [4.69, 9.17) is 9.47 Å². The lowest BCUT2D eigenvalue weighted by molar-refractivity contribution is 0.171. The van der Waals surface area contributed by atoms with Crippen LogP contribution in [0.15, 0.2) is 22.8 Å². The van der Waals surface area contributed by atoms with Gasteiger partial charge in [-0.1, -0.05) is 0 Å². The lowest BCUT2D eigenvalue weighted by Gasteiger charge is -2.20. The van der Waals surface area contributed by atoms with E-state index in [9.17, 15) is 0 Å². The van der Waals surface area contributed by atoms with E-state index in [-0.39, 0.29) is 0 Å².